The highest BCUT2D eigenvalue weighted by molar-refractivity contribution is 5.82. The predicted molar refractivity (Wildman–Crippen MR) is 118 cm³/mol. The van der Waals surface area contributed by atoms with E-state index >= 15 is 0 Å². The van der Waals surface area contributed by atoms with Crippen molar-refractivity contribution >= 4 is 27.8 Å². The molecule has 1 N–H and O–H groups in total. The number of aromatic nitrogens is 4. The molecule has 1 fully saturated rings. The molecule has 1 aromatic carbocycles. The van der Waals surface area contributed by atoms with Gasteiger partial charge in [-0.05, 0) is 67.9 Å². The number of hydrogen-bond donors (Lipinski definition) is 1. The molecule has 30 heavy (non-hydrogen) atoms. The molecule has 6 heteroatoms. The highest BCUT2D eigenvalue weighted by atomic mass is 16.5. The van der Waals surface area contributed by atoms with Crippen LogP contribution in [0.5, 0.6) is 0 Å². The van der Waals surface area contributed by atoms with Gasteiger partial charge in [0.05, 0.1) is 11.6 Å². The molecule has 6 rings (SSSR count). The first-order valence-corrected chi connectivity index (χ1v) is 10.9. The molecule has 3 aromatic heterocycles. The number of aryl methyl sites for hydroxylation is 2. The number of hydrogen-bond acceptors (Lipinski definition) is 5. The average Bonchev–Trinajstić information content (AvgIpc) is 3.43. The lowest BCUT2D eigenvalue weighted by molar-refractivity contribution is 0.00120. The van der Waals surface area contributed by atoms with E-state index < -0.39 is 0 Å². The van der Waals surface area contributed by atoms with Crippen LogP contribution in [0, 0.1) is 0 Å². The highest BCUT2D eigenvalue weighted by Crippen LogP contribution is 2.33. The number of nitrogens with one attached hydrogen (secondary N) is 1. The molecule has 2 aliphatic heterocycles. The fourth-order valence-corrected chi connectivity index (χ4v) is 4.80. The first-order valence-electron chi connectivity index (χ1n) is 10.9. The Morgan fingerprint density at radius 2 is 2.13 bits per heavy atom. The van der Waals surface area contributed by atoms with E-state index in [1.54, 1.807) is 6.33 Å². The number of nitrogens with zero attached hydrogens (tertiary/aromatic N) is 4. The number of ether oxygens (including phenoxy) is 1. The minimum absolute atomic E-state index is 0.0678. The summed E-state index contributed by atoms with van der Waals surface area (Å²) in [6.07, 6.45) is 12.3. The van der Waals surface area contributed by atoms with Gasteiger partial charge in [-0.2, -0.15) is 0 Å². The van der Waals surface area contributed by atoms with Crippen LogP contribution in [-0.4, -0.2) is 32.2 Å². The SMILES string of the molecule is c1ncc2ccn(C3CCC(CCc4ccc5cc6c(nc5c4)NCCC6)O3)c2n1. The largest absolute Gasteiger partial charge is 0.370 e. The van der Waals surface area contributed by atoms with Crippen molar-refractivity contribution in [3.8, 4) is 0 Å². The molecule has 0 aliphatic carbocycles. The molecule has 0 radical (unpaired) electrons. The molecule has 152 valence electrons. The monoisotopic (exact) mass is 399 g/mol. The Labute approximate surface area is 175 Å². The van der Waals surface area contributed by atoms with Crippen molar-refractivity contribution in [1.82, 2.24) is 19.5 Å². The predicted octanol–water partition coefficient (Wildman–Crippen LogP) is 4.65. The van der Waals surface area contributed by atoms with E-state index in [9.17, 15) is 0 Å². The second-order valence-electron chi connectivity index (χ2n) is 8.41. The van der Waals surface area contributed by atoms with Gasteiger partial charge in [0.1, 0.15) is 24.0 Å². The van der Waals surface area contributed by atoms with Crippen LogP contribution in [-0.2, 0) is 17.6 Å². The van der Waals surface area contributed by atoms with Gasteiger partial charge in [-0.15, -0.1) is 0 Å². The summed E-state index contributed by atoms with van der Waals surface area (Å²) in [4.78, 5) is 13.4. The molecule has 5 heterocycles. The lowest BCUT2D eigenvalue weighted by atomic mass is 10.0. The fourth-order valence-electron chi connectivity index (χ4n) is 4.80. The van der Waals surface area contributed by atoms with Crippen molar-refractivity contribution in [1.29, 1.82) is 0 Å². The summed E-state index contributed by atoms with van der Waals surface area (Å²) >= 11 is 0. The Balaban J connectivity index is 1.14. The minimum Gasteiger partial charge on any atom is -0.370 e. The highest BCUT2D eigenvalue weighted by Gasteiger charge is 2.27. The molecule has 0 amide bonds. The Hall–Kier alpha value is -2.99. The Bertz CT molecular complexity index is 1220. The standard InChI is InChI=1S/C24H25N5O/c1-2-18-13-17-5-3-16(12-21(17)28-23(18)26-10-1)4-6-20-7-8-22(30-20)29-11-9-19-14-25-15-27-24(19)29/h3,5,9,11-15,20,22H,1-2,4,6-8,10H2,(H,26,28). The van der Waals surface area contributed by atoms with Crippen LogP contribution in [0.1, 0.15) is 43.0 Å². The zero-order valence-corrected chi connectivity index (χ0v) is 16.9. The van der Waals surface area contributed by atoms with Crippen molar-refractivity contribution in [2.24, 2.45) is 0 Å². The van der Waals surface area contributed by atoms with Gasteiger partial charge in [0, 0.05) is 29.7 Å². The van der Waals surface area contributed by atoms with E-state index in [0.29, 0.717) is 0 Å². The Morgan fingerprint density at radius 3 is 3.13 bits per heavy atom. The lowest BCUT2D eigenvalue weighted by Crippen LogP contribution is -2.13. The molecule has 1 saturated heterocycles. The maximum Gasteiger partial charge on any atom is 0.145 e. The molecule has 2 unspecified atom stereocenters. The number of fused-ring (bicyclic) bond motifs is 3. The maximum absolute atomic E-state index is 6.37. The summed E-state index contributed by atoms with van der Waals surface area (Å²) in [6, 6.07) is 11.1. The second kappa shape index (κ2) is 7.36. The number of benzene rings is 1. The summed E-state index contributed by atoms with van der Waals surface area (Å²) in [7, 11) is 0. The summed E-state index contributed by atoms with van der Waals surface area (Å²) < 4.78 is 8.52. The molecule has 2 atom stereocenters. The molecule has 4 aromatic rings. The Morgan fingerprint density at radius 1 is 1.13 bits per heavy atom. The Kier molecular flexibility index (Phi) is 4.38. The lowest BCUT2D eigenvalue weighted by Gasteiger charge is -2.18. The van der Waals surface area contributed by atoms with Crippen LogP contribution in [0.3, 0.4) is 0 Å². The minimum atomic E-state index is 0.0678. The molecular weight excluding hydrogens is 374 g/mol. The average molecular weight is 399 g/mol. The van der Waals surface area contributed by atoms with Crippen molar-refractivity contribution in [2.75, 3.05) is 11.9 Å². The van der Waals surface area contributed by atoms with E-state index in [-0.39, 0.29) is 12.3 Å². The van der Waals surface area contributed by atoms with Crippen molar-refractivity contribution in [2.45, 2.75) is 50.9 Å². The van der Waals surface area contributed by atoms with Gasteiger partial charge in [0.25, 0.3) is 0 Å². The van der Waals surface area contributed by atoms with E-state index in [2.05, 4.69) is 56.4 Å². The molecule has 2 aliphatic rings. The van der Waals surface area contributed by atoms with Gasteiger partial charge in [-0.1, -0.05) is 12.1 Å². The van der Waals surface area contributed by atoms with Crippen LogP contribution in [0.4, 0.5) is 5.82 Å². The van der Waals surface area contributed by atoms with Crippen molar-refractivity contribution in [3.63, 3.8) is 0 Å². The quantitative estimate of drug-likeness (QED) is 0.541. The normalized spacial score (nSPS) is 21.1. The van der Waals surface area contributed by atoms with Gasteiger partial charge in [-0.25, -0.2) is 15.0 Å². The zero-order chi connectivity index (χ0) is 19.9. The van der Waals surface area contributed by atoms with E-state index in [0.717, 1.165) is 61.0 Å². The van der Waals surface area contributed by atoms with Crippen molar-refractivity contribution < 1.29 is 4.74 Å². The van der Waals surface area contributed by atoms with E-state index in [1.165, 1.54) is 22.9 Å². The summed E-state index contributed by atoms with van der Waals surface area (Å²) in [5.41, 5.74) is 4.71. The topological polar surface area (TPSA) is 64.9 Å². The van der Waals surface area contributed by atoms with Gasteiger partial charge in [-0.3, -0.25) is 0 Å². The van der Waals surface area contributed by atoms with Crippen LogP contribution in [0.25, 0.3) is 21.9 Å². The number of pyridine rings is 1. The first kappa shape index (κ1) is 17.8. The van der Waals surface area contributed by atoms with Gasteiger partial charge < -0.3 is 14.6 Å². The molecule has 0 bridgehead atoms. The smallest absolute Gasteiger partial charge is 0.145 e. The van der Waals surface area contributed by atoms with Crippen molar-refractivity contribution in [3.05, 3.63) is 60.2 Å². The summed E-state index contributed by atoms with van der Waals surface area (Å²) in [5, 5.41) is 5.74. The molecule has 6 nitrogen and oxygen atoms in total. The second-order valence-corrected chi connectivity index (χ2v) is 8.41. The number of anilines is 1. The van der Waals surface area contributed by atoms with Gasteiger partial charge in [0.15, 0.2) is 0 Å². The first-order chi connectivity index (χ1) is 14.8. The summed E-state index contributed by atoms with van der Waals surface area (Å²) in [6.45, 7) is 1.02. The van der Waals surface area contributed by atoms with E-state index in [1.807, 2.05) is 6.20 Å². The van der Waals surface area contributed by atoms with Crippen LogP contribution >= 0.6 is 0 Å². The van der Waals surface area contributed by atoms with Crippen LogP contribution in [0.15, 0.2) is 49.1 Å². The summed E-state index contributed by atoms with van der Waals surface area (Å²) in [5.74, 6) is 1.07. The molecule has 0 spiro atoms. The third kappa shape index (κ3) is 3.21. The third-order valence-corrected chi connectivity index (χ3v) is 6.40. The zero-order valence-electron chi connectivity index (χ0n) is 16.9. The van der Waals surface area contributed by atoms with E-state index in [4.69, 9.17) is 9.72 Å². The van der Waals surface area contributed by atoms with Gasteiger partial charge in [0.2, 0.25) is 0 Å². The third-order valence-electron chi connectivity index (χ3n) is 6.40. The fraction of sp³-hybridized carbons (Fsp3) is 0.375. The number of rotatable bonds is 4. The van der Waals surface area contributed by atoms with Crippen LogP contribution in [0.2, 0.25) is 0 Å². The maximum atomic E-state index is 6.37. The van der Waals surface area contributed by atoms with Crippen LogP contribution < -0.4 is 5.32 Å². The molecule has 0 saturated carbocycles. The van der Waals surface area contributed by atoms with Gasteiger partial charge >= 0.3 is 0 Å². The molecular formula is C24H25N5O.